The first-order valence-corrected chi connectivity index (χ1v) is 5.54. The first-order chi connectivity index (χ1) is 8.65. The van der Waals surface area contributed by atoms with Gasteiger partial charge < -0.3 is 15.2 Å². The summed E-state index contributed by atoms with van der Waals surface area (Å²) < 4.78 is 26.2. The molecular weight excluding hydrogens is 237 g/mol. The second-order valence-corrected chi connectivity index (χ2v) is 4.05. The van der Waals surface area contributed by atoms with Crippen molar-refractivity contribution in [3.63, 3.8) is 0 Å². The Kier molecular flexibility index (Phi) is 2.36. The van der Waals surface area contributed by atoms with E-state index in [1.165, 1.54) is 10.7 Å². The molecule has 0 bridgehead atoms. The van der Waals surface area contributed by atoms with Crippen LogP contribution in [0.25, 0.3) is 11.3 Å². The van der Waals surface area contributed by atoms with Gasteiger partial charge in [-0.2, -0.15) is 5.10 Å². The molecule has 0 radical (unpaired) electrons. The average molecular weight is 249 g/mol. The van der Waals surface area contributed by atoms with Gasteiger partial charge in [0.05, 0.1) is 5.69 Å². The molecule has 0 aliphatic carbocycles. The number of fused-ring (bicyclic) bond motifs is 1. The first kappa shape index (κ1) is 10.9. The van der Waals surface area contributed by atoms with Gasteiger partial charge in [0, 0.05) is 24.7 Å². The molecule has 5 nitrogen and oxygen atoms in total. The minimum Gasteiger partial charge on any atom is -0.486 e. The first-order valence-electron chi connectivity index (χ1n) is 5.54. The van der Waals surface area contributed by atoms with E-state index in [0.717, 1.165) is 0 Å². The Bertz CT molecular complexity index is 590. The van der Waals surface area contributed by atoms with E-state index in [9.17, 15) is 4.39 Å². The third kappa shape index (κ3) is 1.66. The normalized spacial score (nSPS) is 13.7. The summed E-state index contributed by atoms with van der Waals surface area (Å²) >= 11 is 0. The van der Waals surface area contributed by atoms with Gasteiger partial charge in [0.25, 0.3) is 0 Å². The molecule has 94 valence electrons. The lowest BCUT2D eigenvalue weighted by Crippen LogP contribution is -2.15. The number of nitrogens with two attached hydrogens (primary N) is 1. The Hall–Kier alpha value is -2.24. The van der Waals surface area contributed by atoms with Gasteiger partial charge in [0.15, 0.2) is 11.5 Å². The van der Waals surface area contributed by atoms with Gasteiger partial charge in [0.1, 0.15) is 24.8 Å². The van der Waals surface area contributed by atoms with Gasteiger partial charge in [-0.3, -0.25) is 4.68 Å². The number of hydrogen-bond acceptors (Lipinski definition) is 4. The molecule has 1 aromatic carbocycles. The van der Waals surface area contributed by atoms with Crippen molar-refractivity contribution in [2.75, 3.05) is 18.9 Å². The molecule has 2 N–H and O–H groups in total. The summed E-state index contributed by atoms with van der Waals surface area (Å²) in [7, 11) is 1.70. The monoisotopic (exact) mass is 249 g/mol. The predicted octanol–water partition coefficient (Wildman–Crippen LogP) is 1.58. The van der Waals surface area contributed by atoms with E-state index < -0.39 is 5.82 Å². The summed E-state index contributed by atoms with van der Waals surface area (Å²) in [6, 6.07) is 4.52. The molecule has 1 aliphatic heterocycles. The summed E-state index contributed by atoms with van der Waals surface area (Å²) in [5.74, 6) is 1.02. The lowest BCUT2D eigenvalue weighted by atomic mass is 10.1. The van der Waals surface area contributed by atoms with E-state index in [2.05, 4.69) is 5.10 Å². The van der Waals surface area contributed by atoms with Crippen LogP contribution in [0.1, 0.15) is 0 Å². The topological polar surface area (TPSA) is 62.3 Å². The van der Waals surface area contributed by atoms with Gasteiger partial charge in [-0.15, -0.1) is 0 Å². The molecule has 2 heterocycles. The maximum absolute atomic E-state index is 14.0. The summed E-state index contributed by atoms with van der Waals surface area (Å²) in [5, 5.41) is 4.15. The maximum Gasteiger partial charge on any atom is 0.164 e. The van der Waals surface area contributed by atoms with Crippen molar-refractivity contribution in [2.24, 2.45) is 7.05 Å². The predicted molar refractivity (Wildman–Crippen MR) is 64.0 cm³/mol. The van der Waals surface area contributed by atoms with E-state index in [1.807, 2.05) is 0 Å². The molecule has 2 aromatic rings. The number of aryl methyl sites for hydroxylation is 1. The molecular formula is C12H12FN3O2. The van der Waals surface area contributed by atoms with Crippen molar-refractivity contribution in [3.8, 4) is 22.8 Å². The Morgan fingerprint density at radius 3 is 2.50 bits per heavy atom. The van der Waals surface area contributed by atoms with Crippen LogP contribution in [0, 0.1) is 5.82 Å². The van der Waals surface area contributed by atoms with Crippen LogP contribution < -0.4 is 15.2 Å². The van der Waals surface area contributed by atoms with E-state index >= 15 is 0 Å². The number of aromatic nitrogens is 2. The molecule has 0 saturated carbocycles. The van der Waals surface area contributed by atoms with Gasteiger partial charge in [0.2, 0.25) is 0 Å². The highest BCUT2D eigenvalue weighted by atomic mass is 19.1. The second kappa shape index (κ2) is 3.90. The lowest BCUT2D eigenvalue weighted by Gasteiger charge is -2.19. The summed E-state index contributed by atoms with van der Waals surface area (Å²) in [5.41, 5.74) is 6.52. The van der Waals surface area contributed by atoms with E-state index in [4.69, 9.17) is 15.2 Å². The zero-order valence-electron chi connectivity index (χ0n) is 9.81. The van der Waals surface area contributed by atoms with E-state index in [1.54, 1.807) is 19.2 Å². The van der Waals surface area contributed by atoms with Crippen molar-refractivity contribution in [2.45, 2.75) is 0 Å². The van der Waals surface area contributed by atoms with Gasteiger partial charge in [-0.05, 0) is 6.07 Å². The van der Waals surface area contributed by atoms with Crippen LogP contribution in [-0.4, -0.2) is 23.0 Å². The number of rotatable bonds is 1. The molecule has 3 rings (SSSR count). The number of benzene rings is 1. The molecule has 1 aliphatic rings. The fourth-order valence-corrected chi connectivity index (χ4v) is 1.87. The van der Waals surface area contributed by atoms with Crippen LogP contribution in [-0.2, 0) is 7.05 Å². The van der Waals surface area contributed by atoms with Crippen molar-refractivity contribution < 1.29 is 13.9 Å². The van der Waals surface area contributed by atoms with Crippen LogP contribution in [0.4, 0.5) is 10.2 Å². The Morgan fingerprint density at radius 2 is 1.89 bits per heavy atom. The zero-order valence-corrected chi connectivity index (χ0v) is 9.81. The highest BCUT2D eigenvalue weighted by Gasteiger charge is 2.18. The summed E-state index contributed by atoms with van der Waals surface area (Å²) in [6.07, 6.45) is 0. The molecule has 6 heteroatoms. The smallest absolute Gasteiger partial charge is 0.164 e. The lowest BCUT2D eigenvalue weighted by molar-refractivity contribution is 0.171. The average Bonchev–Trinajstić information content (AvgIpc) is 2.68. The minimum atomic E-state index is -0.405. The molecule has 0 fully saturated rings. The zero-order chi connectivity index (χ0) is 12.7. The highest BCUT2D eigenvalue weighted by molar-refractivity contribution is 5.67. The number of nitrogens with zero attached hydrogens (tertiary/aromatic N) is 2. The second-order valence-electron chi connectivity index (χ2n) is 4.05. The number of nitrogen functional groups attached to an aromatic ring is 1. The fourth-order valence-electron chi connectivity index (χ4n) is 1.87. The Labute approximate surface area is 103 Å². The number of anilines is 1. The summed E-state index contributed by atoms with van der Waals surface area (Å²) in [4.78, 5) is 0. The fraction of sp³-hybridized carbons (Fsp3) is 0.250. The summed E-state index contributed by atoms with van der Waals surface area (Å²) in [6.45, 7) is 0.894. The minimum absolute atomic E-state index is 0.353. The van der Waals surface area contributed by atoms with Gasteiger partial charge >= 0.3 is 0 Å². The number of hydrogen-bond donors (Lipinski definition) is 1. The van der Waals surface area contributed by atoms with Crippen LogP contribution >= 0.6 is 0 Å². The molecule has 0 saturated heterocycles. The van der Waals surface area contributed by atoms with Crippen molar-refractivity contribution in [1.82, 2.24) is 9.78 Å². The highest BCUT2D eigenvalue weighted by Crippen LogP contribution is 2.36. The van der Waals surface area contributed by atoms with Crippen LogP contribution in [0.2, 0.25) is 0 Å². The third-order valence-corrected chi connectivity index (χ3v) is 2.82. The van der Waals surface area contributed by atoms with Crippen LogP contribution in [0.3, 0.4) is 0 Å². The Morgan fingerprint density at radius 1 is 1.22 bits per heavy atom. The molecule has 0 unspecified atom stereocenters. The van der Waals surface area contributed by atoms with E-state index in [0.29, 0.717) is 41.8 Å². The Balaban J connectivity index is 2.11. The van der Waals surface area contributed by atoms with Gasteiger partial charge in [-0.1, -0.05) is 0 Å². The van der Waals surface area contributed by atoms with Gasteiger partial charge in [-0.25, -0.2) is 4.39 Å². The largest absolute Gasteiger partial charge is 0.486 e. The van der Waals surface area contributed by atoms with Crippen molar-refractivity contribution in [3.05, 3.63) is 24.0 Å². The van der Waals surface area contributed by atoms with Crippen molar-refractivity contribution >= 4 is 5.82 Å². The standard InChI is InChI=1S/C12H12FN3O2/c1-16-12(14)6-9(15-16)7-4-10-11(5-8(7)13)18-3-2-17-10/h4-6H,2-3,14H2,1H3. The molecule has 0 spiro atoms. The number of halogens is 1. The SMILES string of the molecule is Cn1nc(-c2cc3c(cc2F)OCCO3)cc1N. The van der Waals surface area contributed by atoms with Crippen LogP contribution in [0.15, 0.2) is 18.2 Å². The van der Waals surface area contributed by atoms with Crippen LogP contribution in [0.5, 0.6) is 11.5 Å². The third-order valence-electron chi connectivity index (χ3n) is 2.82. The van der Waals surface area contributed by atoms with Crippen molar-refractivity contribution in [1.29, 1.82) is 0 Å². The molecule has 0 amide bonds. The van der Waals surface area contributed by atoms with E-state index in [-0.39, 0.29) is 0 Å². The maximum atomic E-state index is 14.0. The molecule has 0 atom stereocenters. The number of ether oxygens (including phenoxy) is 2. The molecule has 1 aromatic heterocycles. The molecule has 18 heavy (non-hydrogen) atoms. The quantitative estimate of drug-likeness (QED) is 0.833.